The number of benzene rings is 1. The third kappa shape index (κ3) is 2.13. The average Bonchev–Trinajstić information content (AvgIpc) is 2.98. The van der Waals surface area contributed by atoms with Crippen LogP contribution in [-0.4, -0.2) is 24.5 Å². The van der Waals surface area contributed by atoms with E-state index in [1.54, 1.807) is 0 Å². The summed E-state index contributed by atoms with van der Waals surface area (Å²) in [6, 6.07) is 9.63. The fourth-order valence-corrected chi connectivity index (χ4v) is 2.41. The third-order valence-corrected chi connectivity index (χ3v) is 3.45. The van der Waals surface area contributed by atoms with E-state index in [-0.39, 0.29) is 0 Å². The van der Waals surface area contributed by atoms with Crippen LogP contribution >= 0.6 is 0 Å². The Morgan fingerprint density at radius 2 is 1.72 bits per heavy atom. The highest BCUT2D eigenvalue weighted by Crippen LogP contribution is 2.20. The van der Waals surface area contributed by atoms with Crippen LogP contribution in [0.4, 0.5) is 0 Å². The fourth-order valence-electron chi connectivity index (χ4n) is 2.41. The second-order valence-electron chi connectivity index (χ2n) is 5.21. The van der Waals surface area contributed by atoms with Gasteiger partial charge in [0.05, 0.1) is 6.54 Å². The van der Waals surface area contributed by atoms with Crippen molar-refractivity contribution in [3.05, 3.63) is 41.5 Å². The van der Waals surface area contributed by atoms with Crippen LogP contribution in [0.25, 0.3) is 5.70 Å². The Labute approximate surface area is 108 Å². The zero-order valence-corrected chi connectivity index (χ0v) is 10.9. The van der Waals surface area contributed by atoms with Crippen molar-refractivity contribution in [1.29, 1.82) is 0 Å². The molecular weight excluding hydrogens is 222 g/mol. The number of aliphatic imine (C=N–C) groups is 1. The molecule has 0 saturated heterocycles. The molecule has 94 valence electrons. The van der Waals surface area contributed by atoms with Crippen LogP contribution in [0, 0.1) is 0 Å². The molecule has 3 nitrogen and oxygen atoms in total. The molecule has 2 heterocycles. The van der Waals surface area contributed by atoms with Crippen molar-refractivity contribution in [2.24, 2.45) is 4.99 Å². The van der Waals surface area contributed by atoms with Crippen LogP contribution in [-0.2, 0) is 0 Å². The summed E-state index contributed by atoms with van der Waals surface area (Å²) in [5.41, 5.74) is 3.69. The first-order chi connectivity index (χ1) is 8.72. The summed E-state index contributed by atoms with van der Waals surface area (Å²) in [7, 11) is 0. The summed E-state index contributed by atoms with van der Waals surface area (Å²) < 4.78 is 0. The summed E-state index contributed by atoms with van der Waals surface area (Å²) in [4.78, 5) is 4.50. The van der Waals surface area contributed by atoms with Gasteiger partial charge in [-0.15, -0.1) is 0 Å². The second-order valence-corrected chi connectivity index (χ2v) is 5.21. The van der Waals surface area contributed by atoms with Crippen molar-refractivity contribution < 1.29 is 0 Å². The fraction of sp³-hybridized carbons (Fsp3) is 0.400. The Kier molecular flexibility index (Phi) is 2.82. The summed E-state index contributed by atoms with van der Waals surface area (Å²) in [5, 5.41) is 6.87. The van der Waals surface area contributed by atoms with Gasteiger partial charge in [-0.1, -0.05) is 30.3 Å². The number of hydrogen-bond acceptors (Lipinski definition) is 3. The SMILES string of the molecule is CC1CC=C(c2ccc(C3=NCC(C)N3)cc2)N1. The first kappa shape index (κ1) is 11.3. The maximum atomic E-state index is 4.50. The Hall–Kier alpha value is -1.77. The van der Waals surface area contributed by atoms with E-state index in [2.05, 4.69) is 59.8 Å². The quantitative estimate of drug-likeness (QED) is 0.832. The van der Waals surface area contributed by atoms with Gasteiger partial charge in [-0.05, 0) is 25.8 Å². The van der Waals surface area contributed by atoms with E-state index in [0.29, 0.717) is 12.1 Å². The summed E-state index contributed by atoms with van der Waals surface area (Å²) in [6.07, 6.45) is 3.38. The molecule has 3 heteroatoms. The highest BCUT2D eigenvalue weighted by Gasteiger charge is 2.15. The zero-order chi connectivity index (χ0) is 12.5. The Morgan fingerprint density at radius 1 is 1.00 bits per heavy atom. The summed E-state index contributed by atoms with van der Waals surface area (Å²) in [5.74, 6) is 1.02. The zero-order valence-electron chi connectivity index (χ0n) is 10.9. The van der Waals surface area contributed by atoms with Gasteiger partial charge in [0, 0.05) is 23.3 Å². The largest absolute Gasteiger partial charge is 0.382 e. The van der Waals surface area contributed by atoms with E-state index in [0.717, 1.165) is 18.8 Å². The number of nitrogens with zero attached hydrogens (tertiary/aromatic N) is 1. The Balaban J connectivity index is 1.77. The molecule has 0 aliphatic carbocycles. The molecule has 2 aliphatic heterocycles. The van der Waals surface area contributed by atoms with E-state index in [9.17, 15) is 0 Å². The van der Waals surface area contributed by atoms with Gasteiger partial charge in [0.1, 0.15) is 5.84 Å². The van der Waals surface area contributed by atoms with E-state index in [1.165, 1.54) is 16.8 Å². The molecule has 0 aromatic heterocycles. The standard InChI is InChI=1S/C15H19N3/c1-10-3-8-14(17-10)12-4-6-13(7-5-12)15-16-9-11(2)18-15/h4-8,10-11,17H,3,9H2,1-2H3,(H,16,18). The number of amidine groups is 1. The van der Waals surface area contributed by atoms with Crippen molar-refractivity contribution in [3.63, 3.8) is 0 Å². The molecule has 18 heavy (non-hydrogen) atoms. The van der Waals surface area contributed by atoms with Crippen molar-refractivity contribution in [2.75, 3.05) is 6.54 Å². The van der Waals surface area contributed by atoms with Crippen LogP contribution in [0.2, 0.25) is 0 Å². The lowest BCUT2D eigenvalue weighted by molar-refractivity contribution is 0.698. The molecule has 2 N–H and O–H groups in total. The second kappa shape index (κ2) is 4.48. The van der Waals surface area contributed by atoms with Gasteiger partial charge in [0.15, 0.2) is 0 Å². The average molecular weight is 241 g/mol. The lowest BCUT2D eigenvalue weighted by Crippen LogP contribution is -2.27. The van der Waals surface area contributed by atoms with Crippen LogP contribution in [0.5, 0.6) is 0 Å². The molecule has 0 amide bonds. The summed E-state index contributed by atoms with van der Waals surface area (Å²) >= 11 is 0. The van der Waals surface area contributed by atoms with Crippen molar-refractivity contribution in [3.8, 4) is 0 Å². The van der Waals surface area contributed by atoms with Gasteiger partial charge >= 0.3 is 0 Å². The molecule has 0 fully saturated rings. The maximum Gasteiger partial charge on any atom is 0.128 e. The van der Waals surface area contributed by atoms with Gasteiger partial charge in [-0.3, -0.25) is 4.99 Å². The van der Waals surface area contributed by atoms with Crippen LogP contribution in [0.3, 0.4) is 0 Å². The van der Waals surface area contributed by atoms with Gasteiger partial charge in [0.25, 0.3) is 0 Å². The van der Waals surface area contributed by atoms with Gasteiger partial charge < -0.3 is 10.6 Å². The van der Waals surface area contributed by atoms with E-state index in [4.69, 9.17) is 0 Å². The summed E-state index contributed by atoms with van der Waals surface area (Å²) in [6.45, 7) is 5.23. The van der Waals surface area contributed by atoms with Gasteiger partial charge in [0.2, 0.25) is 0 Å². The molecule has 0 bridgehead atoms. The smallest absolute Gasteiger partial charge is 0.128 e. The minimum Gasteiger partial charge on any atom is -0.382 e. The van der Waals surface area contributed by atoms with E-state index >= 15 is 0 Å². The van der Waals surface area contributed by atoms with Crippen molar-refractivity contribution in [2.45, 2.75) is 32.4 Å². The minimum absolute atomic E-state index is 0.458. The first-order valence-electron chi connectivity index (χ1n) is 6.61. The lowest BCUT2D eigenvalue weighted by atomic mass is 10.1. The Bertz CT molecular complexity index is 452. The third-order valence-electron chi connectivity index (χ3n) is 3.45. The molecule has 1 aromatic carbocycles. The van der Waals surface area contributed by atoms with Gasteiger partial charge in [-0.2, -0.15) is 0 Å². The topological polar surface area (TPSA) is 36.4 Å². The van der Waals surface area contributed by atoms with Crippen molar-refractivity contribution in [1.82, 2.24) is 10.6 Å². The normalized spacial score (nSPS) is 26.3. The lowest BCUT2D eigenvalue weighted by Gasteiger charge is -2.10. The van der Waals surface area contributed by atoms with Crippen LogP contribution in [0.15, 0.2) is 35.3 Å². The number of rotatable bonds is 2. The first-order valence-corrected chi connectivity index (χ1v) is 6.61. The molecule has 1 aromatic rings. The number of nitrogens with one attached hydrogen (secondary N) is 2. The van der Waals surface area contributed by atoms with Gasteiger partial charge in [-0.25, -0.2) is 0 Å². The van der Waals surface area contributed by atoms with Crippen LogP contribution < -0.4 is 10.6 Å². The molecular formula is C15H19N3. The van der Waals surface area contributed by atoms with E-state index in [1.807, 2.05) is 0 Å². The minimum atomic E-state index is 0.458. The molecule has 3 rings (SSSR count). The number of hydrogen-bond donors (Lipinski definition) is 2. The predicted octanol–water partition coefficient (Wildman–Crippen LogP) is 2.15. The highest BCUT2D eigenvalue weighted by molar-refractivity contribution is 6.00. The maximum absolute atomic E-state index is 4.50. The molecule has 2 aliphatic rings. The molecule has 2 atom stereocenters. The Morgan fingerprint density at radius 3 is 2.28 bits per heavy atom. The molecule has 2 unspecified atom stereocenters. The van der Waals surface area contributed by atoms with Crippen LogP contribution in [0.1, 0.15) is 31.4 Å². The predicted molar refractivity (Wildman–Crippen MR) is 75.6 cm³/mol. The molecule has 0 saturated carbocycles. The monoisotopic (exact) mass is 241 g/mol. The highest BCUT2D eigenvalue weighted by atomic mass is 15.1. The molecule has 0 spiro atoms. The van der Waals surface area contributed by atoms with E-state index < -0.39 is 0 Å². The van der Waals surface area contributed by atoms with Crippen molar-refractivity contribution >= 4 is 11.5 Å². The molecule has 0 radical (unpaired) electrons.